The van der Waals surface area contributed by atoms with Gasteiger partial charge in [-0.2, -0.15) is 0 Å². The van der Waals surface area contributed by atoms with Crippen molar-refractivity contribution in [2.45, 2.75) is 25.3 Å². The number of esters is 2. The molecule has 1 heterocycles. The van der Waals surface area contributed by atoms with Crippen LogP contribution in [0.4, 0.5) is 0 Å². The highest BCUT2D eigenvalue weighted by atomic mass is 79.9. The zero-order valence-electron chi connectivity index (χ0n) is 13.6. The fourth-order valence-corrected chi connectivity index (χ4v) is 3.27. The Labute approximate surface area is 152 Å². The summed E-state index contributed by atoms with van der Waals surface area (Å²) in [5.41, 5.74) is 2.21. The van der Waals surface area contributed by atoms with Gasteiger partial charge in [-0.15, -0.1) is 11.8 Å². The second-order valence-corrected chi connectivity index (χ2v) is 6.95. The number of hydrogen-bond acceptors (Lipinski definition) is 6. The quantitative estimate of drug-likeness (QED) is 0.520. The zero-order chi connectivity index (χ0) is 17.7. The number of thioether (sulfide) groups is 1. The first kappa shape index (κ1) is 18.6. The van der Waals surface area contributed by atoms with E-state index in [1.54, 1.807) is 6.07 Å². The predicted octanol–water partition coefficient (Wildman–Crippen LogP) is 4.28. The summed E-state index contributed by atoms with van der Waals surface area (Å²) in [4.78, 5) is 24.2. The van der Waals surface area contributed by atoms with Gasteiger partial charge in [-0.25, -0.2) is 4.79 Å². The average molecular weight is 413 g/mol. The van der Waals surface area contributed by atoms with Gasteiger partial charge < -0.3 is 13.9 Å². The van der Waals surface area contributed by atoms with Gasteiger partial charge in [0.15, 0.2) is 0 Å². The number of furan rings is 1. The molecular weight excluding hydrogens is 396 g/mol. The first-order valence-electron chi connectivity index (χ1n) is 7.13. The SMILES string of the molecule is COC(=O)c1ccc(COC(=O)CSc2cc(C)c(Br)cc2C)o1. The van der Waals surface area contributed by atoms with Crippen molar-refractivity contribution in [1.82, 2.24) is 0 Å². The van der Waals surface area contributed by atoms with E-state index in [1.807, 2.05) is 26.0 Å². The van der Waals surface area contributed by atoms with Crippen LogP contribution in [0.2, 0.25) is 0 Å². The largest absolute Gasteiger partial charge is 0.463 e. The summed E-state index contributed by atoms with van der Waals surface area (Å²) in [6, 6.07) is 7.12. The van der Waals surface area contributed by atoms with Crippen LogP contribution in [0, 0.1) is 13.8 Å². The molecule has 0 aliphatic heterocycles. The number of methoxy groups -OCH3 is 1. The van der Waals surface area contributed by atoms with E-state index in [4.69, 9.17) is 9.15 Å². The molecule has 0 radical (unpaired) electrons. The highest BCUT2D eigenvalue weighted by Gasteiger charge is 2.13. The Hall–Kier alpha value is -1.73. The van der Waals surface area contributed by atoms with E-state index in [0.29, 0.717) is 5.76 Å². The van der Waals surface area contributed by atoms with Gasteiger partial charge in [0, 0.05) is 9.37 Å². The maximum absolute atomic E-state index is 11.9. The third-order valence-corrected chi connectivity index (χ3v) is 5.21. The molecule has 0 unspecified atom stereocenters. The first-order chi connectivity index (χ1) is 11.4. The number of aryl methyl sites for hydroxylation is 2. The van der Waals surface area contributed by atoms with Gasteiger partial charge >= 0.3 is 11.9 Å². The molecule has 0 N–H and O–H groups in total. The highest BCUT2D eigenvalue weighted by Crippen LogP contribution is 2.28. The molecule has 7 heteroatoms. The molecular formula is C17H17BrO5S. The van der Waals surface area contributed by atoms with Crippen LogP contribution in [-0.4, -0.2) is 24.8 Å². The molecule has 24 heavy (non-hydrogen) atoms. The summed E-state index contributed by atoms with van der Waals surface area (Å²) in [5, 5.41) is 0. The van der Waals surface area contributed by atoms with Crippen LogP contribution >= 0.6 is 27.7 Å². The van der Waals surface area contributed by atoms with Crippen molar-refractivity contribution in [3.05, 3.63) is 51.4 Å². The molecule has 0 saturated carbocycles. The van der Waals surface area contributed by atoms with Crippen LogP contribution in [-0.2, 0) is 20.9 Å². The standard InChI is InChI=1S/C17H17BrO5S/c1-10-7-15(11(2)6-13(10)18)24-9-16(19)22-8-12-4-5-14(23-12)17(20)21-3/h4-7H,8-9H2,1-3H3. The average Bonchev–Trinajstić information content (AvgIpc) is 3.03. The fourth-order valence-electron chi connectivity index (χ4n) is 1.91. The molecule has 0 aliphatic rings. The molecule has 1 aromatic carbocycles. The highest BCUT2D eigenvalue weighted by molar-refractivity contribution is 9.10. The Bertz CT molecular complexity index is 753. The number of halogens is 1. The van der Waals surface area contributed by atoms with E-state index in [2.05, 4.69) is 20.7 Å². The van der Waals surface area contributed by atoms with Gasteiger partial charge in [0.1, 0.15) is 12.4 Å². The van der Waals surface area contributed by atoms with Crippen LogP contribution in [0.25, 0.3) is 0 Å². The molecule has 128 valence electrons. The maximum Gasteiger partial charge on any atom is 0.373 e. The zero-order valence-corrected chi connectivity index (χ0v) is 16.0. The van der Waals surface area contributed by atoms with E-state index in [-0.39, 0.29) is 24.1 Å². The van der Waals surface area contributed by atoms with E-state index in [9.17, 15) is 9.59 Å². The Kier molecular flexibility index (Phi) is 6.51. The van der Waals surface area contributed by atoms with Crippen LogP contribution in [0.5, 0.6) is 0 Å². The van der Waals surface area contributed by atoms with Gasteiger partial charge in [-0.3, -0.25) is 4.79 Å². The van der Waals surface area contributed by atoms with E-state index in [0.717, 1.165) is 20.5 Å². The Morgan fingerprint density at radius 1 is 1.21 bits per heavy atom. The van der Waals surface area contributed by atoms with Gasteiger partial charge in [0.2, 0.25) is 5.76 Å². The van der Waals surface area contributed by atoms with Crippen molar-refractivity contribution in [2.75, 3.05) is 12.9 Å². The van der Waals surface area contributed by atoms with Crippen LogP contribution < -0.4 is 0 Å². The third kappa shape index (κ3) is 4.88. The Morgan fingerprint density at radius 2 is 1.96 bits per heavy atom. The van der Waals surface area contributed by atoms with E-state index in [1.165, 1.54) is 24.9 Å². The lowest BCUT2D eigenvalue weighted by molar-refractivity contribution is -0.142. The third-order valence-electron chi connectivity index (χ3n) is 3.23. The summed E-state index contributed by atoms with van der Waals surface area (Å²) in [7, 11) is 1.27. The Balaban J connectivity index is 1.85. The van der Waals surface area contributed by atoms with Gasteiger partial charge in [0.25, 0.3) is 0 Å². The molecule has 0 aliphatic carbocycles. The van der Waals surface area contributed by atoms with Crippen molar-refractivity contribution < 1.29 is 23.5 Å². The summed E-state index contributed by atoms with van der Waals surface area (Å²) < 4.78 is 16.0. The molecule has 0 saturated heterocycles. The van der Waals surface area contributed by atoms with Gasteiger partial charge in [0.05, 0.1) is 12.9 Å². The molecule has 0 atom stereocenters. The van der Waals surface area contributed by atoms with Gasteiger partial charge in [-0.05, 0) is 49.2 Å². The van der Waals surface area contributed by atoms with Crippen molar-refractivity contribution in [3.63, 3.8) is 0 Å². The smallest absolute Gasteiger partial charge is 0.373 e. The summed E-state index contributed by atoms with van der Waals surface area (Å²) >= 11 is 4.91. The first-order valence-corrected chi connectivity index (χ1v) is 8.90. The molecule has 1 aromatic heterocycles. The van der Waals surface area contributed by atoms with Crippen LogP contribution in [0.1, 0.15) is 27.4 Å². The van der Waals surface area contributed by atoms with Crippen LogP contribution in [0.15, 0.2) is 38.1 Å². The molecule has 5 nitrogen and oxygen atoms in total. The molecule has 0 fully saturated rings. The summed E-state index contributed by atoms with van der Waals surface area (Å²) in [6.45, 7) is 3.98. The second kappa shape index (κ2) is 8.39. The lowest BCUT2D eigenvalue weighted by Crippen LogP contribution is -2.07. The van der Waals surface area contributed by atoms with Crippen LogP contribution in [0.3, 0.4) is 0 Å². The minimum Gasteiger partial charge on any atom is -0.463 e. The number of hydrogen-bond donors (Lipinski definition) is 0. The summed E-state index contributed by atoms with van der Waals surface area (Å²) in [5.74, 6) is -0.240. The number of carbonyl (C=O) groups excluding carboxylic acids is 2. The lowest BCUT2D eigenvalue weighted by Gasteiger charge is -2.08. The number of benzene rings is 1. The maximum atomic E-state index is 11.9. The second-order valence-electron chi connectivity index (χ2n) is 5.07. The van der Waals surface area contributed by atoms with Crippen molar-refractivity contribution in [3.8, 4) is 0 Å². The fraction of sp³-hybridized carbons (Fsp3) is 0.294. The summed E-state index contributed by atoms with van der Waals surface area (Å²) in [6.07, 6.45) is 0. The predicted molar refractivity (Wildman–Crippen MR) is 94.2 cm³/mol. The minimum atomic E-state index is -0.566. The molecule has 0 spiro atoms. The minimum absolute atomic E-state index is 0.0191. The van der Waals surface area contributed by atoms with Crippen molar-refractivity contribution in [1.29, 1.82) is 0 Å². The monoisotopic (exact) mass is 412 g/mol. The van der Waals surface area contributed by atoms with E-state index < -0.39 is 5.97 Å². The number of ether oxygens (including phenoxy) is 2. The lowest BCUT2D eigenvalue weighted by atomic mass is 10.2. The molecule has 2 aromatic rings. The molecule has 2 rings (SSSR count). The normalized spacial score (nSPS) is 10.5. The Morgan fingerprint density at radius 3 is 2.67 bits per heavy atom. The van der Waals surface area contributed by atoms with Crippen molar-refractivity contribution in [2.24, 2.45) is 0 Å². The van der Waals surface area contributed by atoms with Crippen molar-refractivity contribution >= 4 is 39.6 Å². The molecule has 0 amide bonds. The number of rotatable bonds is 6. The van der Waals surface area contributed by atoms with E-state index >= 15 is 0 Å². The number of carbonyl (C=O) groups is 2. The van der Waals surface area contributed by atoms with Gasteiger partial charge in [-0.1, -0.05) is 15.9 Å². The molecule has 0 bridgehead atoms. The topological polar surface area (TPSA) is 65.7 Å².